The lowest BCUT2D eigenvalue weighted by molar-refractivity contribution is -0.132. The lowest BCUT2D eigenvalue weighted by Crippen LogP contribution is -2.43. The van der Waals surface area contributed by atoms with Gasteiger partial charge >= 0.3 is 13.3 Å². The molecule has 1 aliphatic rings. The largest absolute Gasteiger partial charge is 0.361 e. The number of carbonyl (C=O) groups excluding carboxylic acids is 1. The highest BCUT2D eigenvalue weighted by Gasteiger charge is 2.52. The van der Waals surface area contributed by atoms with Crippen LogP contribution in [0, 0.1) is 24.2 Å². The van der Waals surface area contributed by atoms with Crippen LogP contribution in [0.3, 0.4) is 0 Å². The van der Waals surface area contributed by atoms with E-state index in [1.807, 2.05) is 6.07 Å². The van der Waals surface area contributed by atoms with Gasteiger partial charge in [0.25, 0.3) is 14.1 Å². The Morgan fingerprint density at radius 2 is 2.00 bits per heavy atom. The predicted molar refractivity (Wildman–Crippen MR) is 141 cm³/mol. The van der Waals surface area contributed by atoms with Crippen molar-refractivity contribution in [2.75, 3.05) is 39.6 Å². The molecular weight excluding hydrogens is 556 g/mol. The minimum atomic E-state index is -3.53. The van der Waals surface area contributed by atoms with E-state index < -0.39 is 70.3 Å². The highest BCUT2D eigenvalue weighted by molar-refractivity contribution is 7.53. The molecule has 0 spiro atoms. The van der Waals surface area contributed by atoms with Crippen LogP contribution in [0.2, 0.25) is 0 Å². The number of aryl methyl sites for hydroxylation is 1. The van der Waals surface area contributed by atoms with E-state index in [-0.39, 0.29) is 38.0 Å². The van der Waals surface area contributed by atoms with E-state index in [1.54, 1.807) is 20.8 Å². The molecule has 1 aliphatic heterocycles. The van der Waals surface area contributed by atoms with E-state index in [2.05, 4.69) is 10.3 Å². The Morgan fingerprint density at radius 1 is 1.33 bits per heavy atom. The summed E-state index contributed by atoms with van der Waals surface area (Å²) in [5, 5.41) is 11.2. The molecule has 4 N–H and O–H groups in total. The van der Waals surface area contributed by atoms with Gasteiger partial charge in [0.1, 0.15) is 18.8 Å². The van der Waals surface area contributed by atoms with Gasteiger partial charge in [-0.15, -0.1) is 0 Å². The van der Waals surface area contributed by atoms with Crippen LogP contribution in [-0.2, 0) is 36.9 Å². The first-order chi connectivity index (χ1) is 18.5. The first-order valence-electron chi connectivity index (χ1n) is 12.4. The average Bonchev–Trinajstić information content (AvgIpc) is 3.22. The first-order valence-corrected chi connectivity index (χ1v) is 15.4. The number of likely N-dealkylation sites (N-methyl/N-ethyl adjacent to an activating group) is 1. The molecule has 1 aromatic heterocycles. The van der Waals surface area contributed by atoms with E-state index in [1.165, 1.54) is 20.2 Å². The Bertz CT molecular complexity index is 1150. The van der Waals surface area contributed by atoms with Gasteiger partial charge in [-0.1, -0.05) is 6.92 Å². The Balaban J connectivity index is 2.52. The van der Waals surface area contributed by atoms with Crippen molar-refractivity contribution in [3.05, 3.63) is 32.6 Å². The molecule has 1 unspecified atom stereocenters. The summed E-state index contributed by atoms with van der Waals surface area (Å²) in [7, 11) is -4.15. The normalized spacial score (nSPS) is 22.8. The van der Waals surface area contributed by atoms with Crippen molar-refractivity contribution in [1.29, 1.82) is 5.26 Å². The topological polar surface area (TPSA) is 206 Å². The zero-order valence-corrected chi connectivity index (χ0v) is 24.4. The molecule has 2 rings (SSSR count). The molecule has 0 bridgehead atoms. The SMILES string of the molecule is CCOP(=O)(C[C@H](C)[C@H]1O[C@@H](n2cc(C)c(=O)[nH]c2=O)[C@H](OCC(=O)NC)[C@@H]1OP(N)OCCC#N)OCC. The second-order valence-corrected chi connectivity index (χ2v) is 11.8. The van der Waals surface area contributed by atoms with Crippen LogP contribution in [0.1, 0.15) is 39.0 Å². The minimum absolute atomic E-state index is 0.0160. The molecule has 0 aliphatic carbocycles. The Morgan fingerprint density at radius 3 is 2.59 bits per heavy atom. The third-order valence-corrected chi connectivity index (χ3v) is 8.93. The molecule has 0 aromatic carbocycles. The summed E-state index contributed by atoms with van der Waals surface area (Å²) in [5.41, 5.74) is 4.97. The molecule has 6 atom stereocenters. The number of amides is 1. The average molecular weight is 594 g/mol. The summed E-state index contributed by atoms with van der Waals surface area (Å²) in [6, 6.07) is 1.94. The second-order valence-electron chi connectivity index (χ2n) is 8.62. The number of rotatable bonds is 16. The highest BCUT2D eigenvalue weighted by atomic mass is 31.2. The smallest absolute Gasteiger partial charge is 0.331 e. The molecule has 2 heterocycles. The van der Waals surface area contributed by atoms with Crippen molar-refractivity contribution in [2.24, 2.45) is 11.4 Å². The van der Waals surface area contributed by atoms with E-state index in [9.17, 15) is 18.9 Å². The van der Waals surface area contributed by atoms with Gasteiger partial charge in [-0.25, -0.2) is 4.79 Å². The lowest BCUT2D eigenvalue weighted by atomic mass is 10.00. The summed E-state index contributed by atoms with van der Waals surface area (Å²) in [5.74, 6) is -1.01. The van der Waals surface area contributed by atoms with Crippen LogP contribution in [0.4, 0.5) is 0 Å². The van der Waals surface area contributed by atoms with Crippen LogP contribution < -0.4 is 22.1 Å². The summed E-state index contributed by atoms with van der Waals surface area (Å²) in [6.45, 7) is 6.55. The monoisotopic (exact) mass is 593 g/mol. The molecule has 15 nitrogen and oxygen atoms in total. The fourth-order valence-electron chi connectivity index (χ4n) is 3.99. The number of H-pyrrole nitrogens is 1. The number of nitriles is 1. The van der Waals surface area contributed by atoms with E-state index in [0.717, 1.165) is 4.57 Å². The molecule has 1 saturated heterocycles. The van der Waals surface area contributed by atoms with Crippen molar-refractivity contribution in [1.82, 2.24) is 14.9 Å². The Labute approximate surface area is 227 Å². The van der Waals surface area contributed by atoms with Crippen LogP contribution in [0.5, 0.6) is 0 Å². The number of nitrogens with zero attached hydrogens (tertiary/aromatic N) is 2. The summed E-state index contributed by atoms with van der Waals surface area (Å²) >= 11 is 0. The standard InChI is InChI=1S/C22H37N5O10P2/c1-6-34-39(31,35-7-2)13-15(4)17-18(37-38(24)33-10-8-9-23)19(32-12-16(28)25-5)21(36-17)27-11-14(3)20(29)26-22(27)30/h11,15,17-19,21H,6-8,10,12-13,24H2,1-5H3,(H,25,28)(H,26,29,30)/t15-,17+,18+,19+,21+,38?/m0/s1. The maximum atomic E-state index is 13.3. The number of aromatic amines is 1. The maximum Gasteiger partial charge on any atom is 0.331 e. The summed E-state index contributed by atoms with van der Waals surface area (Å²) in [4.78, 5) is 39.1. The summed E-state index contributed by atoms with van der Waals surface area (Å²) in [6.07, 6.45) is -2.86. The number of hydrogen-bond donors (Lipinski definition) is 3. The van der Waals surface area contributed by atoms with E-state index in [0.29, 0.717) is 0 Å². The van der Waals surface area contributed by atoms with Crippen molar-refractivity contribution in [2.45, 2.75) is 58.7 Å². The molecule has 39 heavy (non-hydrogen) atoms. The van der Waals surface area contributed by atoms with Gasteiger partial charge in [0.2, 0.25) is 5.91 Å². The quantitative estimate of drug-likeness (QED) is 0.183. The van der Waals surface area contributed by atoms with Crippen LogP contribution >= 0.6 is 16.1 Å². The number of carbonyl (C=O) groups is 1. The summed E-state index contributed by atoms with van der Waals surface area (Å²) < 4.78 is 49.0. The first kappa shape index (κ1) is 33.2. The number of hydrogen-bond acceptors (Lipinski definition) is 12. The van der Waals surface area contributed by atoms with Gasteiger partial charge < -0.3 is 32.9 Å². The second kappa shape index (κ2) is 15.7. The Kier molecular flexibility index (Phi) is 13.4. The molecule has 1 aromatic rings. The van der Waals surface area contributed by atoms with Gasteiger partial charge in [-0.3, -0.25) is 29.2 Å². The molecule has 1 amide bonds. The van der Waals surface area contributed by atoms with Crippen molar-refractivity contribution in [3.63, 3.8) is 0 Å². The zero-order valence-electron chi connectivity index (χ0n) is 22.7. The van der Waals surface area contributed by atoms with Gasteiger partial charge in [0, 0.05) is 18.8 Å². The van der Waals surface area contributed by atoms with Gasteiger partial charge in [0.05, 0.1) is 44.6 Å². The van der Waals surface area contributed by atoms with Crippen molar-refractivity contribution in [3.8, 4) is 6.07 Å². The van der Waals surface area contributed by atoms with Crippen LogP contribution in [0.25, 0.3) is 0 Å². The number of aromatic nitrogens is 2. The minimum Gasteiger partial charge on any atom is -0.361 e. The van der Waals surface area contributed by atoms with Gasteiger partial charge in [0.15, 0.2) is 6.23 Å². The zero-order chi connectivity index (χ0) is 29.2. The number of nitrogens with one attached hydrogen (secondary N) is 2. The van der Waals surface area contributed by atoms with Gasteiger partial charge in [-0.05, 0) is 26.7 Å². The number of ether oxygens (including phenoxy) is 2. The maximum absolute atomic E-state index is 13.3. The molecular formula is C22H37N5O10P2. The van der Waals surface area contributed by atoms with Crippen molar-refractivity contribution >= 4 is 22.0 Å². The fourth-order valence-corrected chi connectivity index (χ4v) is 6.78. The third-order valence-electron chi connectivity index (χ3n) is 5.71. The third kappa shape index (κ3) is 9.28. The molecule has 17 heteroatoms. The Hall–Kier alpha value is -1.98. The number of nitrogens with two attached hydrogens (primary N) is 1. The molecule has 1 fully saturated rings. The van der Waals surface area contributed by atoms with Crippen molar-refractivity contribution < 1.29 is 36.9 Å². The highest BCUT2D eigenvalue weighted by Crippen LogP contribution is 2.52. The van der Waals surface area contributed by atoms with E-state index >= 15 is 0 Å². The van der Waals surface area contributed by atoms with E-state index in [4.69, 9.17) is 38.3 Å². The van der Waals surface area contributed by atoms with Crippen LogP contribution in [-0.4, -0.2) is 73.4 Å². The van der Waals surface area contributed by atoms with Crippen LogP contribution in [0.15, 0.2) is 15.8 Å². The molecule has 220 valence electrons. The molecule has 0 saturated carbocycles. The molecule has 0 radical (unpaired) electrons. The fraction of sp³-hybridized carbons (Fsp3) is 0.727. The predicted octanol–water partition coefficient (Wildman–Crippen LogP) is 1.28. The lowest BCUT2D eigenvalue weighted by Gasteiger charge is -2.30. The van der Waals surface area contributed by atoms with Gasteiger partial charge in [-0.2, -0.15) is 5.26 Å².